The molecule has 0 unspecified atom stereocenters. The monoisotopic (exact) mass is 374 g/mol. The Kier molecular flexibility index (Phi) is 4.53. The Hall–Kier alpha value is -2.43. The molecule has 0 bridgehead atoms. The molecule has 144 valence electrons. The van der Waals surface area contributed by atoms with Crippen molar-refractivity contribution in [3.63, 3.8) is 0 Å². The number of pyridine rings is 1. The molecule has 4 nitrogen and oxygen atoms in total. The van der Waals surface area contributed by atoms with Crippen LogP contribution in [0.1, 0.15) is 36.5 Å². The van der Waals surface area contributed by atoms with Crippen LogP contribution in [0.3, 0.4) is 0 Å². The number of hydrogen-bond acceptors (Lipinski definition) is 3. The number of H-pyrrole nitrogens is 1. The number of aromatic amines is 1. The average molecular weight is 374 g/mol. The van der Waals surface area contributed by atoms with Gasteiger partial charge in [-0.25, -0.2) is 0 Å². The van der Waals surface area contributed by atoms with Crippen molar-refractivity contribution in [1.29, 1.82) is 0 Å². The molecule has 0 spiro atoms. The number of ether oxygens (including phenoxy) is 1. The smallest absolute Gasteiger partial charge is 0.256 e. The van der Waals surface area contributed by atoms with Crippen molar-refractivity contribution < 1.29 is 4.74 Å². The first-order valence-corrected chi connectivity index (χ1v) is 10.3. The number of likely N-dealkylation sites (tertiary alicyclic amines) is 1. The normalized spacial score (nSPS) is 17.0. The lowest BCUT2D eigenvalue weighted by molar-refractivity contribution is 0.0125. The number of fused-ring (bicyclic) bond motifs is 5. The Morgan fingerprint density at radius 3 is 2.61 bits per heavy atom. The minimum Gasteiger partial charge on any atom is -0.378 e. The highest BCUT2D eigenvalue weighted by Gasteiger charge is 2.26. The molecule has 1 saturated heterocycles. The van der Waals surface area contributed by atoms with Crippen LogP contribution in [0.4, 0.5) is 0 Å². The average Bonchev–Trinajstić information content (AvgIpc) is 3.10. The fraction of sp³-hybridized carbons (Fsp3) is 0.375. The molecule has 2 heterocycles. The van der Waals surface area contributed by atoms with Gasteiger partial charge in [0.2, 0.25) is 0 Å². The van der Waals surface area contributed by atoms with Gasteiger partial charge in [0.15, 0.2) is 0 Å². The van der Waals surface area contributed by atoms with Crippen molar-refractivity contribution in [2.24, 2.45) is 0 Å². The summed E-state index contributed by atoms with van der Waals surface area (Å²) in [5, 5.41) is 1.87. The molecule has 1 fully saturated rings. The van der Waals surface area contributed by atoms with E-state index >= 15 is 0 Å². The molecule has 1 N–H and O–H groups in total. The molecule has 4 heteroatoms. The van der Waals surface area contributed by atoms with Gasteiger partial charge < -0.3 is 9.72 Å². The maximum absolute atomic E-state index is 12.6. The van der Waals surface area contributed by atoms with Crippen LogP contribution in [-0.4, -0.2) is 35.7 Å². The number of nitrogens with zero attached hydrogens (tertiary/aromatic N) is 1. The summed E-state index contributed by atoms with van der Waals surface area (Å²) in [6, 6.07) is 14.5. The van der Waals surface area contributed by atoms with Crippen molar-refractivity contribution >= 4 is 10.8 Å². The minimum absolute atomic E-state index is 0.00518. The maximum Gasteiger partial charge on any atom is 0.256 e. The van der Waals surface area contributed by atoms with Gasteiger partial charge in [0, 0.05) is 43.6 Å². The highest BCUT2D eigenvalue weighted by Crippen LogP contribution is 2.39. The van der Waals surface area contributed by atoms with E-state index in [4.69, 9.17) is 4.74 Å². The van der Waals surface area contributed by atoms with Gasteiger partial charge in [0.05, 0.1) is 11.8 Å². The quantitative estimate of drug-likeness (QED) is 0.585. The lowest BCUT2D eigenvalue weighted by atomic mass is 10.00. The van der Waals surface area contributed by atoms with Crippen LogP contribution in [0.25, 0.3) is 22.0 Å². The van der Waals surface area contributed by atoms with Crippen LogP contribution in [0, 0.1) is 0 Å². The van der Waals surface area contributed by atoms with E-state index in [9.17, 15) is 4.79 Å². The van der Waals surface area contributed by atoms with Crippen molar-refractivity contribution in [3.8, 4) is 11.3 Å². The fourth-order valence-electron chi connectivity index (χ4n) is 4.86. The molecule has 28 heavy (non-hydrogen) atoms. The number of benzene rings is 2. The van der Waals surface area contributed by atoms with Gasteiger partial charge in [-0.2, -0.15) is 0 Å². The van der Waals surface area contributed by atoms with E-state index in [0.717, 1.165) is 62.0 Å². The van der Waals surface area contributed by atoms with Crippen LogP contribution >= 0.6 is 0 Å². The van der Waals surface area contributed by atoms with E-state index in [1.807, 2.05) is 18.2 Å². The van der Waals surface area contributed by atoms with E-state index in [1.165, 1.54) is 22.3 Å². The molecule has 0 saturated carbocycles. The number of hydrogen-bond donors (Lipinski definition) is 1. The molecule has 2 aromatic carbocycles. The molecular formula is C24H26N2O2. The Labute approximate surface area is 165 Å². The van der Waals surface area contributed by atoms with E-state index in [0.29, 0.717) is 6.10 Å². The first-order chi connectivity index (χ1) is 13.7. The summed E-state index contributed by atoms with van der Waals surface area (Å²) >= 11 is 0. The zero-order chi connectivity index (χ0) is 19.1. The first-order valence-electron chi connectivity index (χ1n) is 10.3. The second-order valence-electron chi connectivity index (χ2n) is 7.90. The predicted molar refractivity (Wildman–Crippen MR) is 113 cm³/mol. The third-order valence-corrected chi connectivity index (χ3v) is 6.26. The Balaban J connectivity index is 1.45. The fourth-order valence-corrected chi connectivity index (χ4v) is 4.86. The van der Waals surface area contributed by atoms with Crippen LogP contribution in [0.5, 0.6) is 0 Å². The van der Waals surface area contributed by atoms with E-state index < -0.39 is 0 Å². The zero-order valence-corrected chi connectivity index (χ0v) is 16.3. The molecular weight excluding hydrogens is 348 g/mol. The molecule has 1 aliphatic carbocycles. The lowest BCUT2D eigenvalue weighted by Gasteiger charge is -2.32. The Bertz CT molecular complexity index is 1080. The van der Waals surface area contributed by atoms with Crippen molar-refractivity contribution in [2.75, 3.05) is 19.7 Å². The second-order valence-corrected chi connectivity index (χ2v) is 7.90. The maximum atomic E-state index is 12.6. The van der Waals surface area contributed by atoms with Gasteiger partial charge in [-0.05, 0) is 47.9 Å². The molecule has 0 amide bonds. The summed E-state index contributed by atoms with van der Waals surface area (Å²) in [7, 11) is 0. The summed E-state index contributed by atoms with van der Waals surface area (Å²) in [6.45, 7) is 6.02. The number of aromatic nitrogens is 1. The Morgan fingerprint density at radius 1 is 1.04 bits per heavy atom. The SMILES string of the molecule is CCOC1CCN(Cc2cccc3c2Cc2c-3[nH]c(=O)c3ccccc23)CC1. The molecule has 3 aromatic rings. The third kappa shape index (κ3) is 2.97. The van der Waals surface area contributed by atoms with E-state index in [-0.39, 0.29) is 5.56 Å². The van der Waals surface area contributed by atoms with Crippen LogP contribution in [-0.2, 0) is 17.7 Å². The van der Waals surface area contributed by atoms with Gasteiger partial charge >= 0.3 is 0 Å². The van der Waals surface area contributed by atoms with E-state index in [2.05, 4.69) is 41.1 Å². The van der Waals surface area contributed by atoms with Crippen molar-refractivity contribution in [3.05, 3.63) is 69.5 Å². The molecule has 5 rings (SSSR count). The van der Waals surface area contributed by atoms with Crippen LogP contribution in [0.2, 0.25) is 0 Å². The zero-order valence-electron chi connectivity index (χ0n) is 16.3. The molecule has 0 atom stereocenters. The molecule has 0 radical (unpaired) electrons. The highest BCUT2D eigenvalue weighted by molar-refractivity contribution is 5.93. The highest BCUT2D eigenvalue weighted by atomic mass is 16.5. The van der Waals surface area contributed by atoms with Gasteiger partial charge in [-0.3, -0.25) is 9.69 Å². The van der Waals surface area contributed by atoms with Crippen molar-refractivity contribution in [1.82, 2.24) is 9.88 Å². The Morgan fingerprint density at radius 2 is 1.82 bits per heavy atom. The summed E-state index contributed by atoms with van der Waals surface area (Å²) in [4.78, 5) is 18.2. The largest absolute Gasteiger partial charge is 0.378 e. The predicted octanol–water partition coefficient (Wildman–Crippen LogP) is 4.10. The number of rotatable bonds is 4. The standard InChI is InChI=1S/C24H26N2O2/c1-2-28-17-10-12-26(13-11-17)15-16-6-5-9-19-21(16)14-22-18-7-3-4-8-20(18)24(27)25-23(19)22/h3-9,17H,2,10-15H2,1H3,(H,25,27). The van der Waals surface area contributed by atoms with E-state index in [1.54, 1.807) is 0 Å². The van der Waals surface area contributed by atoms with Crippen molar-refractivity contribution in [2.45, 2.75) is 38.8 Å². The summed E-state index contributed by atoms with van der Waals surface area (Å²) in [6.07, 6.45) is 3.54. The summed E-state index contributed by atoms with van der Waals surface area (Å²) < 4.78 is 5.79. The van der Waals surface area contributed by atoms with Gasteiger partial charge in [-0.1, -0.05) is 36.4 Å². The van der Waals surface area contributed by atoms with Crippen LogP contribution in [0.15, 0.2) is 47.3 Å². The second kappa shape index (κ2) is 7.19. The first kappa shape index (κ1) is 17.7. The van der Waals surface area contributed by atoms with Gasteiger partial charge in [0.1, 0.15) is 0 Å². The summed E-state index contributed by atoms with van der Waals surface area (Å²) in [5.74, 6) is 0. The van der Waals surface area contributed by atoms with Crippen LogP contribution < -0.4 is 5.56 Å². The van der Waals surface area contributed by atoms with Gasteiger partial charge in [-0.15, -0.1) is 0 Å². The molecule has 1 aromatic heterocycles. The number of nitrogens with one attached hydrogen (secondary N) is 1. The van der Waals surface area contributed by atoms with Gasteiger partial charge in [0.25, 0.3) is 5.56 Å². The topological polar surface area (TPSA) is 45.3 Å². The number of piperidine rings is 1. The minimum atomic E-state index is 0.00518. The summed E-state index contributed by atoms with van der Waals surface area (Å²) in [5.41, 5.74) is 6.22. The molecule has 2 aliphatic rings. The third-order valence-electron chi connectivity index (χ3n) is 6.26. The lowest BCUT2D eigenvalue weighted by Crippen LogP contribution is -2.36. The molecule has 1 aliphatic heterocycles.